The fourth-order valence-corrected chi connectivity index (χ4v) is 3.39. The number of aromatic nitrogens is 4. The fraction of sp³-hybridized carbons (Fsp3) is 0.545. The third-order valence-electron chi connectivity index (χ3n) is 5.20. The molecule has 0 aliphatic carbocycles. The van der Waals surface area contributed by atoms with Gasteiger partial charge in [0.2, 0.25) is 5.65 Å². The number of rotatable bonds is 9. The molecule has 0 saturated heterocycles. The van der Waals surface area contributed by atoms with Crippen molar-refractivity contribution in [2.75, 3.05) is 26.1 Å². The van der Waals surface area contributed by atoms with E-state index in [1.807, 2.05) is 44.2 Å². The summed E-state index contributed by atoms with van der Waals surface area (Å²) in [4.78, 5) is 16.8. The molecule has 0 aliphatic rings. The first-order valence-corrected chi connectivity index (χ1v) is 10.3. The average Bonchev–Trinajstić information content (AvgIpc) is 3.10. The summed E-state index contributed by atoms with van der Waals surface area (Å²) in [6.45, 7) is 8.57. The van der Waals surface area contributed by atoms with Crippen molar-refractivity contribution in [2.24, 2.45) is 5.41 Å². The molecule has 0 atom stereocenters. The van der Waals surface area contributed by atoms with Gasteiger partial charge >= 0.3 is 0 Å². The van der Waals surface area contributed by atoms with Crippen LogP contribution < -0.4 is 14.8 Å². The van der Waals surface area contributed by atoms with E-state index < -0.39 is 0 Å². The SMILES string of the molecule is COc1cc2nc(NCCCCCC(=O)C(C)(C)C)c3nnc(C)n3c2cc1OC. The van der Waals surface area contributed by atoms with Gasteiger partial charge in [-0.15, -0.1) is 10.2 Å². The van der Waals surface area contributed by atoms with Gasteiger partial charge in [0.1, 0.15) is 11.6 Å². The maximum Gasteiger partial charge on any atom is 0.204 e. The van der Waals surface area contributed by atoms with Gasteiger partial charge in [0.25, 0.3) is 0 Å². The number of fused-ring (bicyclic) bond motifs is 3. The van der Waals surface area contributed by atoms with Gasteiger partial charge in [-0.25, -0.2) is 4.98 Å². The minimum Gasteiger partial charge on any atom is -0.493 e. The molecule has 2 aromatic heterocycles. The Bertz CT molecular complexity index is 1050. The maximum atomic E-state index is 12.0. The lowest BCUT2D eigenvalue weighted by Crippen LogP contribution is -2.19. The van der Waals surface area contributed by atoms with E-state index in [0.29, 0.717) is 35.2 Å². The van der Waals surface area contributed by atoms with Crippen LogP contribution in [0.5, 0.6) is 11.5 Å². The Morgan fingerprint density at radius 3 is 2.43 bits per heavy atom. The van der Waals surface area contributed by atoms with Crippen LogP contribution >= 0.6 is 0 Å². The van der Waals surface area contributed by atoms with Crippen molar-refractivity contribution in [3.8, 4) is 11.5 Å². The van der Waals surface area contributed by atoms with Gasteiger partial charge in [-0.1, -0.05) is 27.2 Å². The van der Waals surface area contributed by atoms with Gasteiger partial charge < -0.3 is 14.8 Å². The number of carbonyl (C=O) groups is 1. The van der Waals surface area contributed by atoms with Crippen molar-refractivity contribution < 1.29 is 14.3 Å². The summed E-state index contributed by atoms with van der Waals surface area (Å²) >= 11 is 0. The first-order valence-electron chi connectivity index (χ1n) is 10.3. The van der Waals surface area contributed by atoms with E-state index in [-0.39, 0.29) is 5.41 Å². The molecule has 0 spiro atoms. The molecule has 0 unspecified atom stereocenters. The molecule has 3 aromatic rings. The molecule has 0 fully saturated rings. The number of nitrogens with zero attached hydrogens (tertiary/aromatic N) is 4. The minimum absolute atomic E-state index is 0.256. The largest absolute Gasteiger partial charge is 0.493 e. The monoisotopic (exact) mass is 413 g/mol. The Hall–Kier alpha value is -2.90. The summed E-state index contributed by atoms with van der Waals surface area (Å²) in [5.41, 5.74) is 2.04. The van der Waals surface area contributed by atoms with Crippen molar-refractivity contribution in [2.45, 2.75) is 53.4 Å². The molecule has 3 rings (SSSR count). The van der Waals surface area contributed by atoms with E-state index >= 15 is 0 Å². The zero-order chi connectivity index (χ0) is 21.9. The Morgan fingerprint density at radius 1 is 1.07 bits per heavy atom. The zero-order valence-electron chi connectivity index (χ0n) is 18.7. The van der Waals surface area contributed by atoms with Crippen molar-refractivity contribution >= 4 is 28.3 Å². The van der Waals surface area contributed by atoms with Crippen LogP contribution in [0.4, 0.5) is 5.82 Å². The summed E-state index contributed by atoms with van der Waals surface area (Å²) in [7, 11) is 3.22. The predicted octanol–water partition coefficient (Wildman–Crippen LogP) is 4.19. The van der Waals surface area contributed by atoms with E-state index in [1.165, 1.54) is 0 Å². The lowest BCUT2D eigenvalue weighted by molar-refractivity contribution is -0.126. The molecule has 0 saturated carbocycles. The summed E-state index contributed by atoms with van der Waals surface area (Å²) in [6, 6.07) is 3.75. The summed E-state index contributed by atoms with van der Waals surface area (Å²) < 4.78 is 12.8. The molecule has 0 radical (unpaired) electrons. The molecule has 30 heavy (non-hydrogen) atoms. The number of nitrogens with one attached hydrogen (secondary N) is 1. The van der Waals surface area contributed by atoms with Crippen LogP contribution in [0, 0.1) is 12.3 Å². The maximum absolute atomic E-state index is 12.0. The van der Waals surface area contributed by atoms with Gasteiger partial charge in [-0.05, 0) is 19.8 Å². The normalized spacial score (nSPS) is 11.8. The van der Waals surface area contributed by atoms with Crippen LogP contribution in [0.2, 0.25) is 0 Å². The Kier molecular flexibility index (Phi) is 6.43. The number of Topliss-reactive ketones (excluding diaryl/α,β-unsaturated/α-hetero) is 1. The third kappa shape index (κ3) is 4.47. The average molecular weight is 414 g/mol. The topological polar surface area (TPSA) is 90.6 Å². The molecular weight excluding hydrogens is 382 g/mol. The van der Waals surface area contributed by atoms with Crippen LogP contribution in [0.25, 0.3) is 16.7 Å². The summed E-state index contributed by atoms with van der Waals surface area (Å²) in [5, 5.41) is 11.9. The van der Waals surface area contributed by atoms with Gasteiger partial charge in [-0.2, -0.15) is 0 Å². The third-order valence-corrected chi connectivity index (χ3v) is 5.20. The van der Waals surface area contributed by atoms with Crippen LogP contribution in [0.15, 0.2) is 12.1 Å². The quantitative estimate of drug-likeness (QED) is 0.526. The van der Waals surface area contributed by atoms with Crippen LogP contribution in [-0.2, 0) is 4.79 Å². The first-order chi connectivity index (χ1) is 14.3. The molecule has 0 bridgehead atoms. The second-order valence-corrected chi connectivity index (χ2v) is 8.47. The number of methoxy groups -OCH3 is 2. The molecule has 1 N–H and O–H groups in total. The molecule has 162 valence electrons. The van der Waals surface area contributed by atoms with E-state index in [0.717, 1.165) is 42.7 Å². The van der Waals surface area contributed by atoms with Crippen molar-refractivity contribution in [1.82, 2.24) is 19.6 Å². The Morgan fingerprint density at radius 2 is 1.77 bits per heavy atom. The number of carbonyl (C=O) groups excluding carboxylic acids is 1. The van der Waals surface area contributed by atoms with E-state index in [1.54, 1.807) is 14.2 Å². The van der Waals surface area contributed by atoms with Crippen molar-refractivity contribution in [3.63, 3.8) is 0 Å². The van der Waals surface area contributed by atoms with Crippen molar-refractivity contribution in [3.05, 3.63) is 18.0 Å². The Balaban J connectivity index is 1.75. The first kappa shape index (κ1) is 21.8. The molecule has 8 nitrogen and oxygen atoms in total. The lowest BCUT2D eigenvalue weighted by atomic mass is 9.88. The summed E-state index contributed by atoms with van der Waals surface area (Å²) in [5.74, 6) is 3.02. The molecular formula is C22H31N5O3. The van der Waals surface area contributed by atoms with Gasteiger partial charge in [0, 0.05) is 30.5 Å². The predicted molar refractivity (Wildman–Crippen MR) is 118 cm³/mol. The minimum atomic E-state index is -0.256. The van der Waals surface area contributed by atoms with E-state index in [9.17, 15) is 4.79 Å². The highest BCUT2D eigenvalue weighted by molar-refractivity contribution is 5.86. The second kappa shape index (κ2) is 8.85. The van der Waals surface area contributed by atoms with Crippen LogP contribution in [0.3, 0.4) is 0 Å². The number of benzene rings is 1. The fourth-order valence-electron chi connectivity index (χ4n) is 3.39. The van der Waals surface area contributed by atoms with E-state index in [2.05, 4.69) is 15.5 Å². The van der Waals surface area contributed by atoms with Crippen molar-refractivity contribution in [1.29, 1.82) is 0 Å². The Labute approximate surface area is 177 Å². The molecule has 8 heteroatoms. The van der Waals surface area contributed by atoms with Gasteiger partial charge in [0.15, 0.2) is 17.3 Å². The van der Waals surface area contributed by atoms with Crippen LogP contribution in [0.1, 0.15) is 52.3 Å². The summed E-state index contributed by atoms with van der Waals surface area (Å²) in [6.07, 6.45) is 3.46. The second-order valence-electron chi connectivity index (χ2n) is 8.47. The number of hydrogen-bond acceptors (Lipinski definition) is 7. The van der Waals surface area contributed by atoms with Gasteiger partial charge in [0.05, 0.1) is 25.3 Å². The zero-order valence-corrected chi connectivity index (χ0v) is 18.7. The number of aryl methyl sites for hydroxylation is 1. The number of ketones is 1. The number of unbranched alkanes of at least 4 members (excludes halogenated alkanes) is 2. The number of hydrogen-bond donors (Lipinski definition) is 1. The highest BCUT2D eigenvalue weighted by Gasteiger charge is 2.20. The van der Waals surface area contributed by atoms with Crippen LogP contribution in [-0.4, -0.2) is 46.1 Å². The highest BCUT2D eigenvalue weighted by atomic mass is 16.5. The highest BCUT2D eigenvalue weighted by Crippen LogP contribution is 2.33. The van der Waals surface area contributed by atoms with E-state index in [4.69, 9.17) is 14.5 Å². The molecule has 1 aromatic carbocycles. The number of anilines is 1. The molecule has 0 amide bonds. The molecule has 0 aliphatic heterocycles. The lowest BCUT2D eigenvalue weighted by Gasteiger charge is -2.16. The van der Waals surface area contributed by atoms with Gasteiger partial charge in [-0.3, -0.25) is 9.20 Å². The number of ether oxygens (including phenoxy) is 2. The standard InChI is InChI=1S/C22H31N5O3/c1-14-25-26-21-20(23-11-9-7-8-10-19(28)22(2,3)4)24-15-12-17(29-5)18(30-6)13-16(15)27(14)21/h12-13H,7-11H2,1-6H3,(H,23,24). The smallest absolute Gasteiger partial charge is 0.204 e. The molecule has 2 heterocycles.